The molecule has 2 rings (SSSR count). The zero-order valence-corrected chi connectivity index (χ0v) is 12.8. The summed E-state index contributed by atoms with van der Waals surface area (Å²) < 4.78 is 12.1. The average molecular weight is 314 g/mol. The summed E-state index contributed by atoms with van der Waals surface area (Å²) in [6, 6.07) is 2.37. The third-order valence-electron chi connectivity index (χ3n) is 3.48. The molecular formula is C14H20BrNO2. The monoisotopic (exact) mass is 313 g/mol. The maximum Gasteiger partial charge on any atom is 0.165 e. The van der Waals surface area contributed by atoms with Gasteiger partial charge in [-0.05, 0) is 37.4 Å². The molecule has 1 aliphatic carbocycles. The second-order valence-electron chi connectivity index (χ2n) is 4.49. The standard InChI is InChI=1S/C14H20BrNO2/c1-4-16-11-7-5-6-9-10(15)8-12(17-2)14(18-3)13(9)11/h8,11,16H,4-7H2,1-3H3. The van der Waals surface area contributed by atoms with E-state index >= 15 is 0 Å². The van der Waals surface area contributed by atoms with Crippen LogP contribution in [0.25, 0.3) is 0 Å². The Hall–Kier alpha value is -0.740. The molecule has 0 saturated heterocycles. The van der Waals surface area contributed by atoms with Crippen molar-refractivity contribution in [3.05, 3.63) is 21.7 Å². The molecule has 1 unspecified atom stereocenters. The molecule has 0 bridgehead atoms. The van der Waals surface area contributed by atoms with Crippen molar-refractivity contribution in [1.82, 2.24) is 5.32 Å². The third kappa shape index (κ3) is 2.36. The fourth-order valence-electron chi connectivity index (χ4n) is 2.73. The van der Waals surface area contributed by atoms with E-state index in [0.717, 1.165) is 35.4 Å². The van der Waals surface area contributed by atoms with E-state index in [1.165, 1.54) is 17.5 Å². The van der Waals surface area contributed by atoms with E-state index < -0.39 is 0 Å². The predicted molar refractivity (Wildman–Crippen MR) is 76.6 cm³/mol. The summed E-state index contributed by atoms with van der Waals surface area (Å²) in [5, 5.41) is 3.54. The van der Waals surface area contributed by atoms with Crippen molar-refractivity contribution in [1.29, 1.82) is 0 Å². The van der Waals surface area contributed by atoms with Gasteiger partial charge in [-0.15, -0.1) is 0 Å². The van der Waals surface area contributed by atoms with Gasteiger partial charge in [0.15, 0.2) is 11.5 Å². The topological polar surface area (TPSA) is 30.5 Å². The number of hydrogen-bond acceptors (Lipinski definition) is 3. The lowest BCUT2D eigenvalue weighted by Gasteiger charge is -2.29. The Kier molecular flexibility index (Phi) is 4.51. The van der Waals surface area contributed by atoms with E-state index in [9.17, 15) is 0 Å². The fraction of sp³-hybridized carbons (Fsp3) is 0.571. The highest BCUT2D eigenvalue weighted by atomic mass is 79.9. The summed E-state index contributed by atoms with van der Waals surface area (Å²) >= 11 is 3.65. The Morgan fingerprint density at radius 2 is 2.17 bits per heavy atom. The molecule has 0 aromatic heterocycles. The SMILES string of the molecule is CCNC1CCCc2c(Br)cc(OC)c(OC)c21. The van der Waals surface area contributed by atoms with Gasteiger partial charge in [0.2, 0.25) is 0 Å². The average Bonchev–Trinajstić information content (AvgIpc) is 2.39. The van der Waals surface area contributed by atoms with Crippen molar-refractivity contribution in [2.75, 3.05) is 20.8 Å². The van der Waals surface area contributed by atoms with E-state index in [2.05, 4.69) is 28.2 Å². The van der Waals surface area contributed by atoms with Crippen LogP contribution in [0.15, 0.2) is 10.5 Å². The van der Waals surface area contributed by atoms with Crippen LogP contribution < -0.4 is 14.8 Å². The summed E-state index contributed by atoms with van der Waals surface area (Å²) in [6.45, 7) is 3.10. The van der Waals surface area contributed by atoms with Crippen molar-refractivity contribution >= 4 is 15.9 Å². The molecule has 0 heterocycles. The predicted octanol–water partition coefficient (Wildman–Crippen LogP) is 3.45. The summed E-state index contributed by atoms with van der Waals surface area (Å²) in [4.78, 5) is 0. The first-order chi connectivity index (χ1) is 8.72. The van der Waals surface area contributed by atoms with E-state index in [0.29, 0.717) is 6.04 Å². The molecule has 4 heteroatoms. The molecule has 0 fully saturated rings. The normalized spacial score (nSPS) is 18.3. The van der Waals surface area contributed by atoms with Crippen LogP contribution in [0.2, 0.25) is 0 Å². The minimum atomic E-state index is 0.361. The van der Waals surface area contributed by atoms with Gasteiger partial charge in [-0.3, -0.25) is 0 Å². The van der Waals surface area contributed by atoms with Crippen LogP contribution in [0, 0.1) is 0 Å². The number of methoxy groups -OCH3 is 2. The number of benzene rings is 1. The van der Waals surface area contributed by atoms with Crippen LogP contribution in [-0.2, 0) is 6.42 Å². The van der Waals surface area contributed by atoms with Crippen LogP contribution >= 0.6 is 15.9 Å². The van der Waals surface area contributed by atoms with Crippen LogP contribution in [0.3, 0.4) is 0 Å². The van der Waals surface area contributed by atoms with Crippen molar-refractivity contribution in [3.63, 3.8) is 0 Å². The summed E-state index contributed by atoms with van der Waals surface area (Å²) in [6.07, 6.45) is 3.45. The second kappa shape index (κ2) is 5.93. The Morgan fingerprint density at radius 1 is 1.39 bits per heavy atom. The Labute approximate surface area is 117 Å². The molecule has 0 radical (unpaired) electrons. The number of rotatable bonds is 4. The van der Waals surface area contributed by atoms with Crippen LogP contribution in [0.5, 0.6) is 11.5 Å². The number of ether oxygens (including phenoxy) is 2. The lowest BCUT2D eigenvalue weighted by molar-refractivity contribution is 0.340. The largest absolute Gasteiger partial charge is 0.493 e. The number of hydrogen-bond donors (Lipinski definition) is 1. The van der Waals surface area contributed by atoms with Crippen LogP contribution in [0.4, 0.5) is 0 Å². The van der Waals surface area contributed by atoms with Gasteiger partial charge in [-0.2, -0.15) is 0 Å². The molecule has 100 valence electrons. The molecule has 0 aliphatic heterocycles. The van der Waals surface area contributed by atoms with Gasteiger partial charge in [-0.1, -0.05) is 22.9 Å². The van der Waals surface area contributed by atoms with E-state index in [-0.39, 0.29) is 0 Å². The molecule has 1 aliphatic rings. The first-order valence-corrected chi connectivity index (χ1v) is 7.18. The Morgan fingerprint density at radius 3 is 2.78 bits per heavy atom. The molecule has 1 atom stereocenters. The summed E-state index contributed by atoms with van der Waals surface area (Å²) in [5.41, 5.74) is 2.61. The first-order valence-electron chi connectivity index (χ1n) is 6.39. The lowest BCUT2D eigenvalue weighted by atomic mass is 9.86. The molecule has 3 nitrogen and oxygen atoms in total. The molecule has 1 aromatic rings. The zero-order valence-electron chi connectivity index (χ0n) is 11.2. The van der Waals surface area contributed by atoms with Crippen LogP contribution in [0.1, 0.15) is 36.9 Å². The van der Waals surface area contributed by atoms with Crippen LogP contribution in [-0.4, -0.2) is 20.8 Å². The van der Waals surface area contributed by atoms with E-state index in [4.69, 9.17) is 9.47 Å². The number of fused-ring (bicyclic) bond motifs is 1. The molecule has 18 heavy (non-hydrogen) atoms. The molecule has 0 amide bonds. The second-order valence-corrected chi connectivity index (χ2v) is 5.34. The minimum Gasteiger partial charge on any atom is -0.493 e. The Bertz CT molecular complexity index is 434. The molecule has 0 saturated carbocycles. The fourth-order valence-corrected chi connectivity index (χ4v) is 3.35. The highest BCUT2D eigenvalue weighted by molar-refractivity contribution is 9.10. The number of halogens is 1. The molecule has 1 aromatic carbocycles. The van der Waals surface area contributed by atoms with Gasteiger partial charge in [0.05, 0.1) is 14.2 Å². The maximum absolute atomic E-state index is 5.58. The maximum atomic E-state index is 5.58. The van der Waals surface area contributed by atoms with Crippen molar-refractivity contribution < 1.29 is 9.47 Å². The molecule has 1 N–H and O–H groups in total. The molecule has 0 spiro atoms. The van der Waals surface area contributed by atoms with Crippen molar-refractivity contribution in [2.45, 2.75) is 32.2 Å². The third-order valence-corrected chi connectivity index (χ3v) is 4.19. The summed E-state index contributed by atoms with van der Waals surface area (Å²) in [7, 11) is 3.39. The highest BCUT2D eigenvalue weighted by Gasteiger charge is 2.27. The zero-order chi connectivity index (χ0) is 13.1. The quantitative estimate of drug-likeness (QED) is 0.923. The van der Waals surface area contributed by atoms with Gasteiger partial charge < -0.3 is 14.8 Å². The smallest absolute Gasteiger partial charge is 0.165 e. The van der Waals surface area contributed by atoms with E-state index in [1.807, 2.05) is 6.07 Å². The minimum absolute atomic E-state index is 0.361. The van der Waals surface area contributed by atoms with Gasteiger partial charge in [0.1, 0.15) is 0 Å². The number of nitrogens with one attached hydrogen (secondary N) is 1. The van der Waals surface area contributed by atoms with Gasteiger partial charge in [0, 0.05) is 16.1 Å². The van der Waals surface area contributed by atoms with E-state index in [1.54, 1.807) is 14.2 Å². The Balaban J connectivity index is 2.57. The lowest BCUT2D eigenvalue weighted by Crippen LogP contribution is -2.26. The van der Waals surface area contributed by atoms with Gasteiger partial charge in [0.25, 0.3) is 0 Å². The van der Waals surface area contributed by atoms with Gasteiger partial charge in [-0.25, -0.2) is 0 Å². The highest BCUT2D eigenvalue weighted by Crippen LogP contribution is 2.45. The van der Waals surface area contributed by atoms with Gasteiger partial charge >= 0.3 is 0 Å². The first kappa shape index (κ1) is 13.7. The van der Waals surface area contributed by atoms with Crippen molar-refractivity contribution in [2.24, 2.45) is 0 Å². The van der Waals surface area contributed by atoms with Crippen molar-refractivity contribution in [3.8, 4) is 11.5 Å². The molecular weight excluding hydrogens is 294 g/mol. The summed E-state index contributed by atoms with van der Waals surface area (Å²) in [5.74, 6) is 1.68.